The molecule has 144 valence electrons. The highest BCUT2D eigenvalue weighted by atomic mass is 16.5. The lowest BCUT2D eigenvalue weighted by molar-refractivity contribution is 0.0682. The summed E-state index contributed by atoms with van der Waals surface area (Å²) in [5.41, 5.74) is 2.63. The van der Waals surface area contributed by atoms with E-state index in [1.807, 2.05) is 42.5 Å². The Balaban J connectivity index is 1.66. The molecule has 0 saturated heterocycles. The van der Waals surface area contributed by atoms with Crippen LogP contribution in [0.4, 0.5) is 0 Å². The molecule has 0 radical (unpaired) electrons. The van der Waals surface area contributed by atoms with Crippen molar-refractivity contribution in [3.05, 3.63) is 101 Å². The Morgan fingerprint density at radius 3 is 2.14 bits per heavy atom. The fourth-order valence-corrected chi connectivity index (χ4v) is 3.16. The van der Waals surface area contributed by atoms with Gasteiger partial charge in [0.15, 0.2) is 0 Å². The molecule has 0 unspecified atom stereocenters. The number of amides is 1. The lowest BCUT2D eigenvalue weighted by atomic mass is 10.1. The molecule has 1 amide bonds. The summed E-state index contributed by atoms with van der Waals surface area (Å²) >= 11 is 0. The second-order valence-corrected chi connectivity index (χ2v) is 6.68. The van der Waals surface area contributed by atoms with Crippen molar-refractivity contribution < 1.29 is 19.2 Å². The van der Waals surface area contributed by atoms with Crippen molar-refractivity contribution in [3.8, 4) is 0 Å². The summed E-state index contributed by atoms with van der Waals surface area (Å²) in [5.74, 6) is -1.06. The van der Waals surface area contributed by atoms with Crippen LogP contribution in [0.3, 0.4) is 0 Å². The quantitative estimate of drug-likeness (QED) is 0.532. The largest absolute Gasteiger partial charge is 0.478 e. The molecule has 4 rings (SSSR count). The molecule has 0 aliphatic heterocycles. The first-order valence-corrected chi connectivity index (χ1v) is 9.11. The Hall–Kier alpha value is -3.93. The lowest BCUT2D eigenvalue weighted by Crippen LogP contribution is -2.30. The fraction of sp³-hybridized carbons (Fsp3) is 0.0870. The number of nitrogens with zero attached hydrogens (tertiary/aromatic N) is 2. The zero-order valence-electron chi connectivity index (χ0n) is 15.5. The summed E-state index contributed by atoms with van der Waals surface area (Å²) in [6.45, 7) is 0.692. The zero-order valence-corrected chi connectivity index (χ0v) is 15.5. The van der Waals surface area contributed by atoms with Crippen LogP contribution in [0.15, 0.2) is 83.4 Å². The molecule has 0 spiro atoms. The monoisotopic (exact) mass is 386 g/mol. The molecule has 1 N–H and O–H groups in total. The van der Waals surface area contributed by atoms with E-state index in [9.17, 15) is 9.59 Å². The average molecular weight is 386 g/mol. The number of carbonyl (C=O) groups excluding carboxylic acids is 1. The van der Waals surface area contributed by atoms with Crippen LogP contribution in [0.1, 0.15) is 32.0 Å². The number of aromatic nitrogens is 1. The van der Waals surface area contributed by atoms with Gasteiger partial charge in [0.25, 0.3) is 5.91 Å². The van der Waals surface area contributed by atoms with E-state index in [0.717, 1.165) is 11.1 Å². The smallest absolute Gasteiger partial charge is 0.335 e. The predicted molar refractivity (Wildman–Crippen MR) is 107 cm³/mol. The van der Waals surface area contributed by atoms with Crippen molar-refractivity contribution in [1.82, 2.24) is 10.1 Å². The minimum absolute atomic E-state index is 0.193. The number of hydrogen-bond acceptors (Lipinski definition) is 4. The summed E-state index contributed by atoms with van der Waals surface area (Å²) in [4.78, 5) is 26.0. The van der Waals surface area contributed by atoms with Crippen LogP contribution in [-0.4, -0.2) is 27.0 Å². The molecule has 0 aliphatic carbocycles. The Bertz CT molecular complexity index is 1150. The third kappa shape index (κ3) is 4.01. The number of benzene rings is 3. The molecule has 29 heavy (non-hydrogen) atoms. The van der Waals surface area contributed by atoms with Crippen molar-refractivity contribution in [2.75, 3.05) is 0 Å². The van der Waals surface area contributed by atoms with Gasteiger partial charge in [0.1, 0.15) is 5.52 Å². The van der Waals surface area contributed by atoms with Gasteiger partial charge in [0, 0.05) is 13.1 Å². The number of rotatable bonds is 6. The summed E-state index contributed by atoms with van der Waals surface area (Å²) in [7, 11) is 0. The maximum atomic E-state index is 13.3. The summed E-state index contributed by atoms with van der Waals surface area (Å²) in [5, 5.41) is 13.7. The number of carbonyl (C=O) groups is 2. The summed E-state index contributed by atoms with van der Waals surface area (Å²) in [6.07, 6.45) is 0. The molecule has 0 bridgehead atoms. The maximum absolute atomic E-state index is 13.3. The van der Waals surface area contributed by atoms with Gasteiger partial charge < -0.3 is 14.5 Å². The molecular weight excluding hydrogens is 368 g/mol. The number of aromatic carboxylic acids is 1. The zero-order chi connectivity index (χ0) is 20.2. The normalized spacial score (nSPS) is 10.8. The average Bonchev–Trinajstić information content (AvgIpc) is 3.18. The number of fused-ring (bicyclic) bond motifs is 1. The third-order valence-electron chi connectivity index (χ3n) is 4.66. The van der Waals surface area contributed by atoms with Crippen molar-refractivity contribution in [1.29, 1.82) is 0 Å². The summed E-state index contributed by atoms with van der Waals surface area (Å²) < 4.78 is 5.36. The predicted octanol–water partition coefficient (Wildman–Crippen LogP) is 4.37. The van der Waals surface area contributed by atoms with Gasteiger partial charge >= 0.3 is 5.97 Å². The van der Waals surface area contributed by atoms with Crippen molar-refractivity contribution in [2.24, 2.45) is 0 Å². The molecule has 3 aromatic carbocycles. The SMILES string of the molecule is O=C(O)c1ccc(CN(Cc2ccccc2)C(=O)c2onc3ccccc23)cc1. The maximum Gasteiger partial charge on any atom is 0.335 e. The third-order valence-corrected chi connectivity index (χ3v) is 4.66. The first-order chi connectivity index (χ1) is 14.1. The van der Waals surface area contributed by atoms with Crippen LogP contribution in [0.25, 0.3) is 10.9 Å². The van der Waals surface area contributed by atoms with Gasteiger partial charge in [-0.05, 0) is 35.4 Å². The summed E-state index contributed by atoms with van der Waals surface area (Å²) in [6, 6.07) is 23.4. The Labute approximate surface area is 167 Å². The van der Waals surface area contributed by atoms with E-state index in [1.165, 1.54) is 12.1 Å². The first kappa shape index (κ1) is 18.4. The minimum atomic E-state index is -0.984. The van der Waals surface area contributed by atoms with Crippen LogP contribution in [0.5, 0.6) is 0 Å². The number of carboxylic acid groups (broad SMARTS) is 1. The van der Waals surface area contributed by atoms with E-state index in [0.29, 0.717) is 24.0 Å². The highest BCUT2D eigenvalue weighted by Crippen LogP contribution is 2.22. The molecule has 6 nitrogen and oxygen atoms in total. The molecule has 4 aromatic rings. The van der Waals surface area contributed by atoms with E-state index in [2.05, 4.69) is 5.16 Å². The van der Waals surface area contributed by atoms with Crippen molar-refractivity contribution >= 4 is 22.8 Å². The van der Waals surface area contributed by atoms with Gasteiger partial charge in [-0.25, -0.2) is 4.79 Å². The molecule has 1 heterocycles. The van der Waals surface area contributed by atoms with Gasteiger partial charge in [0.05, 0.1) is 10.9 Å². The van der Waals surface area contributed by atoms with Gasteiger partial charge in [-0.2, -0.15) is 0 Å². The standard InChI is InChI=1S/C23H18N2O4/c26-22(21-19-8-4-5-9-20(19)24-29-21)25(14-16-6-2-1-3-7-16)15-17-10-12-18(13-11-17)23(27)28/h1-13H,14-15H2,(H,27,28). The van der Waals surface area contributed by atoms with Crippen LogP contribution in [0, 0.1) is 0 Å². The molecule has 6 heteroatoms. The molecule has 1 aromatic heterocycles. The van der Waals surface area contributed by atoms with Crippen LogP contribution in [-0.2, 0) is 13.1 Å². The van der Waals surface area contributed by atoms with E-state index in [-0.39, 0.29) is 17.2 Å². The van der Waals surface area contributed by atoms with E-state index in [4.69, 9.17) is 9.63 Å². The second kappa shape index (κ2) is 7.98. The highest BCUT2D eigenvalue weighted by molar-refractivity contribution is 6.03. The van der Waals surface area contributed by atoms with Crippen molar-refractivity contribution in [2.45, 2.75) is 13.1 Å². The molecule has 0 saturated carbocycles. The number of carboxylic acids is 1. The van der Waals surface area contributed by atoms with Crippen LogP contribution in [0.2, 0.25) is 0 Å². The van der Waals surface area contributed by atoms with Crippen molar-refractivity contribution in [3.63, 3.8) is 0 Å². The van der Waals surface area contributed by atoms with Gasteiger partial charge in [0.2, 0.25) is 5.76 Å². The highest BCUT2D eigenvalue weighted by Gasteiger charge is 2.23. The van der Waals surface area contributed by atoms with Crippen LogP contribution < -0.4 is 0 Å². The van der Waals surface area contributed by atoms with Gasteiger partial charge in [-0.1, -0.05) is 59.8 Å². The van der Waals surface area contributed by atoms with E-state index < -0.39 is 5.97 Å². The molecule has 0 fully saturated rings. The Morgan fingerprint density at radius 2 is 1.45 bits per heavy atom. The molecule has 0 aliphatic rings. The van der Waals surface area contributed by atoms with E-state index >= 15 is 0 Å². The Kier molecular flexibility index (Phi) is 5.07. The van der Waals surface area contributed by atoms with Crippen LogP contribution >= 0.6 is 0 Å². The van der Waals surface area contributed by atoms with E-state index in [1.54, 1.807) is 29.2 Å². The molecule has 0 atom stereocenters. The minimum Gasteiger partial charge on any atom is -0.478 e. The first-order valence-electron chi connectivity index (χ1n) is 9.11. The number of hydrogen-bond donors (Lipinski definition) is 1. The topological polar surface area (TPSA) is 83.6 Å². The van der Waals surface area contributed by atoms with Gasteiger partial charge in [-0.15, -0.1) is 0 Å². The second-order valence-electron chi connectivity index (χ2n) is 6.68. The fourth-order valence-electron chi connectivity index (χ4n) is 3.16. The molecular formula is C23H18N2O4. The Morgan fingerprint density at radius 1 is 0.828 bits per heavy atom. The van der Waals surface area contributed by atoms with Gasteiger partial charge in [-0.3, -0.25) is 4.79 Å². The lowest BCUT2D eigenvalue weighted by Gasteiger charge is -2.22.